The van der Waals surface area contributed by atoms with Gasteiger partial charge in [-0.3, -0.25) is 4.79 Å². The summed E-state index contributed by atoms with van der Waals surface area (Å²) >= 11 is 0. The molecule has 2 aromatic carbocycles. The fourth-order valence-corrected chi connectivity index (χ4v) is 4.09. The van der Waals surface area contributed by atoms with E-state index in [1.165, 1.54) is 0 Å². The molecular weight excluding hydrogens is 408 g/mol. The summed E-state index contributed by atoms with van der Waals surface area (Å²) in [5, 5.41) is 0.896. The van der Waals surface area contributed by atoms with E-state index in [0.29, 0.717) is 18.1 Å². The number of para-hydroxylation sites is 1. The molecule has 168 valence electrons. The first-order valence-corrected chi connectivity index (χ1v) is 10.7. The Bertz CT molecular complexity index is 1190. The van der Waals surface area contributed by atoms with Gasteiger partial charge in [-0.25, -0.2) is 9.69 Å². The van der Waals surface area contributed by atoms with Crippen molar-refractivity contribution in [2.45, 2.75) is 46.6 Å². The Labute approximate surface area is 187 Å². The molecule has 0 N–H and O–H groups in total. The Kier molecular flexibility index (Phi) is 5.69. The predicted molar refractivity (Wildman–Crippen MR) is 122 cm³/mol. The lowest BCUT2D eigenvalue weighted by atomic mass is 9.96. The van der Waals surface area contributed by atoms with Crippen LogP contribution in [0.2, 0.25) is 0 Å². The summed E-state index contributed by atoms with van der Waals surface area (Å²) < 4.78 is 18.8. The van der Waals surface area contributed by atoms with Crippen LogP contribution in [0.15, 0.2) is 42.5 Å². The van der Waals surface area contributed by atoms with Gasteiger partial charge in [0, 0.05) is 23.1 Å². The second-order valence-corrected chi connectivity index (χ2v) is 8.66. The summed E-state index contributed by atoms with van der Waals surface area (Å²) in [5.74, 6) is 0.213. The lowest BCUT2D eigenvalue weighted by Gasteiger charge is -2.26. The zero-order valence-corrected chi connectivity index (χ0v) is 19.1. The second-order valence-electron chi connectivity index (χ2n) is 8.66. The summed E-state index contributed by atoms with van der Waals surface area (Å²) in [6.07, 6.45) is -0.683. The van der Waals surface area contributed by atoms with Crippen LogP contribution in [0.4, 0.5) is 4.79 Å². The molecule has 0 bridgehead atoms. The fourth-order valence-electron chi connectivity index (χ4n) is 4.09. The molecule has 1 aliphatic heterocycles. The van der Waals surface area contributed by atoms with Gasteiger partial charge in [0.25, 0.3) is 5.91 Å². The molecule has 0 spiro atoms. The van der Waals surface area contributed by atoms with Crippen LogP contribution in [0.3, 0.4) is 0 Å². The van der Waals surface area contributed by atoms with Crippen molar-refractivity contribution in [3.63, 3.8) is 0 Å². The molecule has 0 saturated carbocycles. The van der Waals surface area contributed by atoms with E-state index in [0.717, 1.165) is 32.5 Å². The van der Waals surface area contributed by atoms with Crippen LogP contribution in [0.25, 0.3) is 22.0 Å². The maximum atomic E-state index is 13.9. The number of fused-ring (bicyclic) bond motifs is 5. The molecule has 0 radical (unpaired) electrons. The number of hydrogen-bond acceptors (Lipinski definition) is 5. The smallest absolute Gasteiger partial charge is 0.417 e. The van der Waals surface area contributed by atoms with Crippen molar-refractivity contribution >= 4 is 22.9 Å². The van der Waals surface area contributed by atoms with E-state index in [1.807, 2.05) is 54.0 Å². The Morgan fingerprint density at radius 3 is 2.50 bits per heavy atom. The van der Waals surface area contributed by atoms with E-state index in [-0.39, 0.29) is 13.3 Å². The summed E-state index contributed by atoms with van der Waals surface area (Å²) in [5.41, 5.74) is 2.85. The molecule has 7 heteroatoms. The Balaban J connectivity index is 2.04. The number of hydrogen-bond donors (Lipinski definition) is 0. The maximum Gasteiger partial charge on any atom is 0.417 e. The molecule has 0 saturated heterocycles. The number of nitrogens with zero attached hydrogens (tertiary/aromatic N) is 2. The largest absolute Gasteiger partial charge is 0.496 e. The fraction of sp³-hybridized carbons (Fsp3) is 0.360. The molecule has 2 amide bonds. The molecule has 0 unspecified atom stereocenters. The monoisotopic (exact) mass is 436 g/mol. The van der Waals surface area contributed by atoms with Crippen molar-refractivity contribution in [2.75, 3.05) is 13.7 Å². The first-order valence-electron chi connectivity index (χ1n) is 10.7. The highest BCUT2D eigenvalue weighted by Gasteiger charge is 2.38. The van der Waals surface area contributed by atoms with Gasteiger partial charge < -0.3 is 18.8 Å². The standard InChI is InChI=1S/C25H28N2O5/c1-6-31-15-27-18-12-8-7-11-17(18)21-20-16(10-9-13-19(20)30-5)14-26(23(28)22(21)27)24(29)32-25(2,3)4/h7-13H,6,14-15H2,1-5H3. The number of carbonyl (C=O) groups is 2. The summed E-state index contributed by atoms with van der Waals surface area (Å²) in [4.78, 5) is 28.2. The van der Waals surface area contributed by atoms with Gasteiger partial charge in [0.15, 0.2) is 0 Å². The predicted octanol–water partition coefficient (Wildman–Crippen LogP) is 5.20. The highest BCUT2D eigenvalue weighted by molar-refractivity contribution is 6.15. The van der Waals surface area contributed by atoms with Gasteiger partial charge in [-0.1, -0.05) is 30.3 Å². The molecule has 0 aliphatic carbocycles. The third-order valence-corrected chi connectivity index (χ3v) is 5.37. The average molecular weight is 437 g/mol. The van der Waals surface area contributed by atoms with Crippen molar-refractivity contribution in [2.24, 2.45) is 0 Å². The van der Waals surface area contributed by atoms with Crippen molar-refractivity contribution in [3.05, 3.63) is 53.7 Å². The van der Waals surface area contributed by atoms with E-state index in [9.17, 15) is 9.59 Å². The van der Waals surface area contributed by atoms with Crippen LogP contribution in [-0.4, -0.2) is 40.8 Å². The van der Waals surface area contributed by atoms with Crippen LogP contribution in [0.1, 0.15) is 43.7 Å². The molecule has 0 atom stereocenters. The Morgan fingerprint density at radius 2 is 1.81 bits per heavy atom. The van der Waals surface area contributed by atoms with Gasteiger partial charge in [-0.05, 0) is 45.4 Å². The van der Waals surface area contributed by atoms with Crippen LogP contribution < -0.4 is 4.74 Å². The van der Waals surface area contributed by atoms with E-state index in [4.69, 9.17) is 14.2 Å². The van der Waals surface area contributed by atoms with Crippen molar-refractivity contribution in [3.8, 4) is 16.9 Å². The van der Waals surface area contributed by atoms with Gasteiger partial charge in [0.2, 0.25) is 0 Å². The second kappa shape index (κ2) is 8.31. The zero-order chi connectivity index (χ0) is 23.0. The number of amides is 2. The van der Waals surface area contributed by atoms with Crippen LogP contribution in [0, 0.1) is 0 Å². The lowest BCUT2D eigenvalue weighted by molar-refractivity contribution is 0.0219. The van der Waals surface area contributed by atoms with Gasteiger partial charge in [0.05, 0.1) is 19.2 Å². The van der Waals surface area contributed by atoms with E-state index in [1.54, 1.807) is 27.9 Å². The first kappa shape index (κ1) is 21.9. The highest BCUT2D eigenvalue weighted by Crippen LogP contribution is 2.44. The minimum atomic E-state index is -0.734. The van der Waals surface area contributed by atoms with Gasteiger partial charge in [-0.2, -0.15) is 0 Å². The first-order chi connectivity index (χ1) is 15.3. The van der Waals surface area contributed by atoms with Crippen molar-refractivity contribution in [1.82, 2.24) is 9.47 Å². The zero-order valence-electron chi connectivity index (χ0n) is 19.1. The number of benzene rings is 2. The van der Waals surface area contributed by atoms with E-state index in [2.05, 4.69) is 0 Å². The third kappa shape index (κ3) is 3.73. The third-order valence-electron chi connectivity index (χ3n) is 5.37. The summed E-state index contributed by atoms with van der Waals surface area (Å²) in [7, 11) is 1.60. The summed E-state index contributed by atoms with van der Waals surface area (Å²) in [6, 6.07) is 13.4. The minimum absolute atomic E-state index is 0.0813. The van der Waals surface area contributed by atoms with Crippen molar-refractivity contribution in [1.29, 1.82) is 0 Å². The molecule has 32 heavy (non-hydrogen) atoms. The molecule has 0 fully saturated rings. The lowest BCUT2D eigenvalue weighted by Crippen LogP contribution is -2.40. The molecule has 3 aromatic rings. The number of carbonyl (C=O) groups excluding carboxylic acids is 2. The van der Waals surface area contributed by atoms with E-state index >= 15 is 0 Å². The van der Waals surface area contributed by atoms with Gasteiger partial charge >= 0.3 is 6.09 Å². The number of ether oxygens (including phenoxy) is 3. The molecule has 1 aromatic heterocycles. The van der Waals surface area contributed by atoms with Gasteiger partial charge in [-0.15, -0.1) is 0 Å². The Morgan fingerprint density at radius 1 is 1.06 bits per heavy atom. The van der Waals surface area contributed by atoms with E-state index < -0.39 is 17.6 Å². The average Bonchev–Trinajstić information content (AvgIpc) is 3.00. The molecule has 4 rings (SSSR count). The number of methoxy groups -OCH3 is 1. The molecule has 1 aliphatic rings. The highest BCUT2D eigenvalue weighted by atomic mass is 16.6. The normalized spacial score (nSPS) is 13.5. The molecule has 2 heterocycles. The number of rotatable bonds is 4. The minimum Gasteiger partial charge on any atom is -0.496 e. The maximum absolute atomic E-state index is 13.9. The molecule has 7 nitrogen and oxygen atoms in total. The van der Waals surface area contributed by atoms with Crippen molar-refractivity contribution < 1.29 is 23.8 Å². The van der Waals surface area contributed by atoms with Crippen LogP contribution >= 0.6 is 0 Å². The Hall–Kier alpha value is -3.32. The topological polar surface area (TPSA) is 70.0 Å². The van der Waals surface area contributed by atoms with Crippen LogP contribution in [0.5, 0.6) is 5.75 Å². The number of imide groups is 1. The quantitative estimate of drug-likeness (QED) is 0.562. The number of aromatic nitrogens is 1. The van der Waals surface area contributed by atoms with Gasteiger partial charge in [0.1, 0.15) is 23.8 Å². The summed E-state index contributed by atoms with van der Waals surface area (Å²) in [6.45, 7) is 8.00. The van der Waals surface area contributed by atoms with Crippen LogP contribution in [-0.2, 0) is 22.7 Å². The SMILES string of the molecule is CCOCn1c2c(c3ccccc31)-c1c(cccc1OC)CN(C(=O)OC(C)(C)C)C2=O. The molecular formula is C25H28N2O5.